The molecule has 1 aliphatic rings. The monoisotopic (exact) mass is 331 g/mol. The molecule has 1 saturated heterocycles. The zero-order chi connectivity index (χ0) is 18.3. The Labute approximate surface area is 149 Å². The van der Waals surface area contributed by atoms with Crippen LogP contribution in [0.1, 0.15) is 61.8 Å². The molecule has 0 aromatic carbocycles. The normalized spacial score (nSPS) is 22.2. The minimum Gasteiger partial charge on any atom is -0.372 e. The Morgan fingerprint density at radius 2 is 1.96 bits per heavy atom. The highest BCUT2D eigenvalue weighted by atomic mass is 15.2. The maximum Gasteiger partial charge on any atom is 0.0464 e. The standard InChI is InChI=1S/C21H37N3/c1-9-11-12-23-17(4)20(19(10-2)21(6,7)8)18(5)24-14-13-22-16(3)15-24/h10-12,16,22H,9,13-15H2,1-8H3/b12-11+,19-10+,20-18-,23-17+. The first-order chi connectivity index (χ1) is 11.2. The molecule has 3 heteroatoms. The fourth-order valence-corrected chi connectivity index (χ4v) is 3.33. The molecule has 1 aliphatic heterocycles. The Bertz CT molecular complexity index is 530. The van der Waals surface area contributed by atoms with Gasteiger partial charge in [0.2, 0.25) is 0 Å². The summed E-state index contributed by atoms with van der Waals surface area (Å²) in [6.07, 6.45) is 7.32. The molecule has 1 N–H and O–H groups in total. The van der Waals surface area contributed by atoms with E-state index in [0.29, 0.717) is 6.04 Å². The minimum atomic E-state index is 0.0935. The summed E-state index contributed by atoms with van der Waals surface area (Å²) in [6, 6.07) is 0.524. The van der Waals surface area contributed by atoms with E-state index in [4.69, 9.17) is 4.99 Å². The van der Waals surface area contributed by atoms with Crippen LogP contribution in [0.4, 0.5) is 0 Å². The van der Waals surface area contributed by atoms with Crippen LogP contribution in [0.5, 0.6) is 0 Å². The van der Waals surface area contributed by atoms with Gasteiger partial charge in [-0.1, -0.05) is 39.8 Å². The summed E-state index contributed by atoms with van der Waals surface area (Å²) in [4.78, 5) is 7.23. The van der Waals surface area contributed by atoms with Crippen molar-refractivity contribution >= 4 is 5.71 Å². The zero-order valence-electron chi connectivity index (χ0n) is 17.0. The highest BCUT2D eigenvalue weighted by Gasteiger charge is 2.26. The largest absolute Gasteiger partial charge is 0.372 e. The molecule has 0 spiro atoms. The summed E-state index contributed by atoms with van der Waals surface area (Å²) in [5.41, 5.74) is 5.22. The number of rotatable bonds is 5. The van der Waals surface area contributed by atoms with Crippen LogP contribution in [0.25, 0.3) is 0 Å². The molecule has 1 atom stereocenters. The number of piperazine rings is 1. The summed E-state index contributed by atoms with van der Waals surface area (Å²) >= 11 is 0. The van der Waals surface area contributed by atoms with Crippen molar-refractivity contribution in [3.05, 3.63) is 35.2 Å². The molecule has 0 bridgehead atoms. The summed E-state index contributed by atoms with van der Waals surface area (Å²) in [7, 11) is 0. The Balaban J connectivity index is 3.38. The van der Waals surface area contributed by atoms with Crippen molar-refractivity contribution in [3.63, 3.8) is 0 Å². The van der Waals surface area contributed by atoms with Crippen LogP contribution in [0, 0.1) is 5.41 Å². The Morgan fingerprint density at radius 1 is 1.29 bits per heavy atom. The van der Waals surface area contributed by atoms with E-state index < -0.39 is 0 Å². The van der Waals surface area contributed by atoms with E-state index in [9.17, 15) is 0 Å². The Morgan fingerprint density at radius 3 is 2.46 bits per heavy atom. The molecule has 24 heavy (non-hydrogen) atoms. The van der Waals surface area contributed by atoms with Crippen molar-refractivity contribution in [3.8, 4) is 0 Å². The van der Waals surface area contributed by atoms with Gasteiger partial charge in [-0.15, -0.1) is 0 Å². The average Bonchev–Trinajstić information content (AvgIpc) is 2.50. The lowest BCUT2D eigenvalue weighted by atomic mass is 9.79. The lowest BCUT2D eigenvalue weighted by Gasteiger charge is -2.37. The van der Waals surface area contributed by atoms with Crippen LogP contribution in [0.3, 0.4) is 0 Å². The second kappa shape index (κ2) is 9.22. The van der Waals surface area contributed by atoms with Crippen molar-refractivity contribution in [1.82, 2.24) is 10.2 Å². The number of hydrogen-bond acceptors (Lipinski definition) is 3. The molecule has 1 unspecified atom stereocenters. The van der Waals surface area contributed by atoms with Crippen LogP contribution < -0.4 is 5.32 Å². The van der Waals surface area contributed by atoms with Crippen LogP contribution >= 0.6 is 0 Å². The van der Waals surface area contributed by atoms with Crippen LogP contribution in [0.2, 0.25) is 0 Å². The number of hydrogen-bond donors (Lipinski definition) is 1. The van der Waals surface area contributed by atoms with E-state index in [-0.39, 0.29) is 5.41 Å². The van der Waals surface area contributed by atoms with Crippen LogP contribution in [-0.2, 0) is 0 Å². The van der Waals surface area contributed by atoms with Crippen LogP contribution in [0.15, 0.2) is 40.2 Å². The first kappa shape index (κ1) is 20.7. The van der Waals surface area contributed by atoms with Gasteiger partial charge in [0.05, 0.1) is 0 Å². The maximum atomic E-state index is 4.73. The second-order valence-electron chi connectivity index (χ2n) is 7.72. The third kappa shape index (κ3) is 5.62. The highest BCUT2D eigenvalue weighted by Crippen LogP contribution is 2.34. The summed E-state index contributed by atoms with van der Waals surface area (Å²) in [5.74, 6) is 0. The number of nitrogens with zero attached hydrogens (tertiary/aromatic N) is 2. The molecular formula is C21H37N3. The fourth-order valence-electron chi connectivity index (χ4n) is 3.33. The van der Waals surface area contributed by atoms with Crippen LogP contribution in [-0.4, -0.2) is 36.3 Å². The van der Waals surface area contributed by atoms with E-state index in [1.807, 2.05) is 6.20 Å². The molecule has 0 radical (unpaired) electrons. The van der Waals surface area contributed by atoms with Gasteiger partial charge in [0.15, 0.2) is 0 Å². The number of allylic oxidation sites excluding steroid dienone is 5. The molecule has 0 aromatic rings. The summed E-state index contributed by atoms with van der Waals surface area (Å²) in [5, 5.41) is 3.53. The van der Waals surface area contributed by atoms with E-state index in [0.717, 1.165) is 31.8 Å². The fraction of sp³-hybridized carbons (Fsp3) is 0.667. The molecule has 0 aromatic heterocycles. The quantitative estimate of drug-likeness (QED) is 0.571. The first-order valence-electron chi connectivity index (χ1n) is 9.28. The third-order valence-corrected chi connectivity index (χ3v) is 4.54. The lowest BCUT2D eigenvalue weighted by Crippen LogP contribution is -2.48. The number of aliphatic imine (C=N–C) groups is 1. The molecule has 136 valence electrons. The topological polar surface area (TPSA) is 27.6 Å². The van der Waals surface area contributed by atoms with Crippen molar-refractivity contribution < 1.29 is 0 Å². The van der Waals surface area contributed by atoms with Gasteiger partial charge in [-0.25, -0.2) is 0 Å². The molecule has 0 saturated carbocycles. The van der Waals surface area contributed by atoms with Gasteiger partial charge < -0.3 is 10.2 Å². The van der Waals surface area contributed by atoms with E-state index >= 15 is 0 Å². The Hall–Kier alpha value is -1.35. The minimum absolute atomic E-state index is 0.0935. The first-order valence-corrected chi connectivity index (χ1v) is 9.28. The molecule has 1 rings (SSSR count). The SMILES string of the molecule is C\C=C(C(/C(C)=N/C=C/CC)=C(/C)N1CCNC(C)C1)\C(C)(C)C. The molecule has 1 heterocycles. The van der Waals surface area contributed by atoms with Gasteiger partial charge in [-0.2, -0.15) is 0 Å². The maximum absolute atomic E-state index is 4.73. The second-order valence-corrected chi connectivity index (χ2v) is 7.72. The van der Waals surface area contributed by atoms with Gasteiger partial charge in [0.1, 0.15) is 0 Å². The van der Waals surface area contributed by atoms with Gasteiger partial charge in [-0.05, 0) is 45.1 Å². The smallest absolute Gasteiger partial charge is 0.0464 e. The molecule has 0 aliphatic carbocycles. The molecule has 3 nitrogen and oxygen atoms in total. The predicted octanol–water partition coefficient (Wildman–Crippen LogP) is 4.93. The van der Waals surface area contributed by atoms with E-state index in [2.05, 4.69) is 77.8 Å². The highest BCUT2D eigenvalue weighted by molar-refractivity contribution is 6.03. The van der Waals surface area contributed by atoms with Crippen molar-refractivity contribution in [2.75, 3.05) is 19.6 Å². The average molecular weight is 332 g/mol. The summed E-state index contributed by atoms with van der Waals surface area (Å²) < 4.78 is 0. The van der Waals surface area contributed by atoms with E-state index in [1.165, 1.54) is 16.8 Å². The van der Waals surface area contributed by atoms with Crippen molar-refractivity contribution in [2.24, 2.45) is 10.4 Å². The predicted molar refractivity (Wildman–Crippen MR) is 107 cm³/mol. The van der Waals surface area contributed by atoms with Gasteiger partial charge >= 0.3 is 0 Å². The van der Waals surface area contributed by atoms with Crippen molar-refractivity contribution in [2.45, 2.75) is 67.9 Å². The molecular weight excluding hydrogens is 294 g/mol. The van der Waals surface area contributed by atoms with Crippen molar-refractivity contribution in [1.29, 1.82) is 0 Å². The molecule has 1 fully saturated rings. The number of nitrogens with one attached hydrogen (secondary N) is 1. The third-order valence-electron chi connectivity index (χ3n) is 4.54. The molecule has 0 amide bonds. The van der Waals surface area contributed by atoms with Gasteiger partial charge in [0.25, 0.3) is 0 Å². The van der Waals surface area contributed by atoms with E-state index in [1.54, 1.807) is 0 Å². The Kier molecular flexibility index (Phi) is 7.95. The van der Waals surface area contributed by atoms with Gasteiger partial charge in [-0.3, -0.25) is 4.99 Å². The van der Waals surface area contributed by atoms with Gasteiger partial charge in [0, 0.05) is 48.9 Å². The summed E-state index contributed by atoms with van der Waals surface area (Å²) in [6.45, 7) is 20.9. The lowest BCUT2D eigenvalue weighted by molar-refractivity contribution is 0.255. The zero-order valence-corrected chi connectivity index (χ0v) is 17.0.